The number of rotatable bonds is 4. The van der Waals surface area contributed by atoms with Crippen LogP contribution in [-0.4, -0.2) is 34.4 Å². The Hall–Kier alpha value is -2.48. The molecule has 0 spiro atoms. The van der Waals surface area contributed by atoms with Crippen LogP contribution in [0.15, 0.2) is 41.7 Å². The van der Waals surface area contributed by atoms with Gasteiger partial charge in [0.15, 0.2) is 5.65 Å². The Labute approximate surface area is 127 Å². The molecule has 0 saturated heterocycles. The molecule has 1 aromatic carbocycles. The molecule has 2 aromatic heterocycles. The van der Waals surface area contributed by atoms with Crippen molar-refractivity contribution >= 4 is 26.7 Å². The van der Waals surface area contributed by atoms with E-state index in [1.165, 1.54) is 4.68 Å². The average Bonchev–Trinajstić information content (AvgIpc) is 2.87. The van der Waals surface area contributed by atoms with Gasteiger partial charge in [-0.05, 0) is 5.56 Å². The smallest absolute Gasteiger partial charge is 0.250 e. The molecule has 8 heteroatoms. The first-order chi connectivity index (χ1) is 10.4. The van der Waals surface area contributed by atoms with Crippen molar-refractivity contribution in [3.8, 4) is 0 Å². The van der Waals surface area contributed by atoms with E-state index in [2.05, 4.69) is 20.4 Å². The van der Waals surface area contributed by atoms with Gasteiger partial charge < -0.3 is 5.32 Å². The molecule has 3 aromatic rings. The first-order valence-electron chi connectivity index (χ1n) is 6.63. The molecule has 0 radical (unpaired) electrons. The van der Waals surface area contributed by atoms with E-state index in [9.17, 15) is 8.42 Å². The molecular weight excluding hydrogens is 302 g/mol. The van der Waals surface area contributed by atoms with E-state index in [-0.39, 0.29) is 5.16 Å². The lowest BCUT2D eigenvalue weighted by Gasteiger charge is -2.08. The zero-order chi connectivity index (χ0) is 15.7. The summed E-state index contributed by atoms with van der Waals surface area (Å²) in [6.45, 7) is 0.533. The maximum atomic E-state index is 11.8. The second-order valence-electron chi connectivity index (χ2n) is 4.97. The van der Waals surface area contributed by atoms with Gasteiger partial charge in [0, 0.05) is 19.8 Å². The van der Waals surface area contributed by atoms with Crippen molar-refractivity contribution in [2.45, 2.75) is 11.7 Å². The molecule has 0 aliphatic heterocycles. The second-order valence-corrected chi connectivity index (χ2v) is 6.88. The highest BCUT2D eigenvalue weighted by Gasteiger charge is 2.17. The molecule has 3 rings (SSSR count). The monoisotopic (exact) mass is 317 g/mol. The van der Waals surface area contributed by atoms with Crippen molar-refractivity contribution in [3.05, 3.63) is 42.1 Å². The number of sulfone groups is 1. The number of aromatic nitrogens is 4. The number of aryl methyl sites for hydroxylation is 1. The molecule has 114 valence electrons. The van der Waals surface area contributed by atoms with Gasteiger partial charge in [0.25, 0.3) is 5.16 Å². The van der Waals surface area contributed by atoms with Gasteiger partial charge in [0.1, 0.15) is 5.82 Å². The third-order valence-corrected chi connectivity index (χ3v) is 4.05. The van der Waals surface area contributed by atoms with Crippen LogP contribution in [-0.2, 0) is 23.4 Å². The van der Waals surface area contributed by atoms with E-state index in [0.29, 0.717) is 23.4 Å². The van der Waals surface area contributed by atoms with Crippen molar-refractivity contribution in [1.82, 2.24) is 19.7 Å². The van der Waals surface area contributed by atoms with Crippen LogP contribution in [0, 0.1) is 0 Å². The molecule has 0 aliphatic rings. The minimum absolute atomic E-state index is 0.209. The molecule has 0 aliphatic carbocycles. The van der Waals surface area contributed by atoms with Gasteiger partial charge in [-0.2, -0.15) is 10.1 Å². The van der Waals surface area contributed by atoms with Crippen LogP contribution >= 0.6 is 0 Å². The molecule has 0 bridgehead atoms. The highest BCUT2D eigenvalue weighted by Crippen LogP contribution is 2.21. The number of fused-ring (bicyclic) bond motifs is 1. The van der Waals surface area contributed by atoms with Crippen LogP contribution in [0.5, 0.6) is 0 Å². The van der Waals surface area contributed by atoms with Gasteiger partial charge in [-0.1, -0.05) is 30.3 Å². The first kappa shape index (κ1) is 14.5. The summed E-state index contributed by atoms with van der Waals surface area (Å²) in [7, 11) is -1.79. The Bertz CT molecular complexity index is 919. The fraction of sp³-hybridized carbons (Fsp3) is 0.214. The standard InChI is InChI=1S/C14H15N5O2S/c1-19-13-11(9-16-19)12(17-14(18-13)22(2,20)21)15-8-10-6-4-3-5-7-10/h3-7,9H,8H2,1-2H3,(H,15,17,18). The summed E-state index contributed by atoms with van der Waals surface area (Å²) in [6.07, 6.45) is 2.71. The lowest BCUT2D eigenvalue weighted by molar-refractivity contribution is 0.593. The summed E-state index contributed by atoms with van der Waals surface area (Å²) in [5.41, 5.74) is 1.55. The van der Waals surface area contributed by atoms with Crippen LogP contribution in [0.2, 0.25) is 0 Å². The molecule has 7 nitrogen and oxygen atoms in total. The molecule has 22 heavy (non-hydrogen) atoms. The number of anilines is 1. The predicted octanol–water partition coefficient (Wildman–Crippen LogP) is 1.38. The molecule has 0 saturated carbocycles. The Morgan fingerprint density at radius 1 is 1.18 bits per heavy atom. The Morgan fingerprint density at radius 3 is 2.59 bits per heavy atom. The summed E-state index contributed by atoms with van der Waals surface area (Å²) >= 11 is 0. The van der Waals surface area contributed by atoms with Gasteiger partial charge in [-0.25, -0.2) is 13.4 Å². The van der Waals surface area contributed by atoms with Crippen molar-refractivity contribution < 1.29 is 8.42 Å². The van der Waals surface area contributed by atoms with Crippen LogP contribution in [0.1, 0.15) is 5.56 Å². The summed E-state index contributed by atoms with van der Waals surface area (Å²) < 4.78 is 25.0. The van der Waals surface area contributed by atoms with Crippen LogP contribution < -0.4 is 5.32 Å². The molecule has 0 fully saturated rings. The lowest BCUT2D eigenvalue weighted by atomic mass is 10.2. The molecule has 0 unspecified atom stereocenters. The molecule has 1 N–H and O–H groups in total. The first-order valence-corrected chi connectivity index (χ1v) is 8.52. The van der Waals surface area contributed by atoms with Crippen LogP contribution in [0.4, 0.5) is 5.82 Å². The van der Waals surface area contributed by atoms with Gasteiger partial charge in [-0.15, -0.1) is 0 Å². The second kappa shape index (κ2) is 5.38. The van der Waals surface area contributed by atoms with Crippen molar-refractivity contribution in [2.75, 3.05) is 11.6 Å². The number of benzene rings is 1. The highest BCUT2D eigenvalue weighted by atomic mass is 32.2. The van der Waals surface area contributed by atoms with Crippen molar-refractivity contribution in [1.29, 1.82) is 0 Å². The van der Waals surface area contributed by atoms with E-state index < -0.39 is 9.84 Å². The molecule has 0 atom stereocenters. The zero-order valence-corrected chi connectivity index (χ0v) is 13.0. The molecule has 2 heterocycles. The minimum Gasteiger partial charge on any atom is -0.365 e. The van der Waals surface area contributed by atoms with Crippen LogP contribution in [0.25, 0.3) is 11.0 Å². The quantitative estimate of drug-likeness (QED) is 0.731. The summed E-state index contributed by atoms with van der Waals surface area (Å²) in [5, 5.41) is 7.75. The van der Waals surface area contributed by atoms with E-state index in [0.717, 1.165) is 11.8 Å². The third-order valence-electron chi connectivity index (χ3n) is 3.21. The summed E-state index contributed by atoms with van der Waals surface area (Å²) in [5.74, 6) is 0.461. The Kier molecular flexibility index (Phi) is 3.53. The van der Waals surface area contributed by atoms with Gasteiger partial charge in [-0.3, -0.25) is 4.68 Å². The van der Waals surface area contributed by atoms with E-state index >= 15 is 0 Å². The summed E-state index contributed by atoms with van der Waals surface area (Å²) in [4.78, 5) is 8.22. The maximum absolute atomic E-state index is 11.8. The summed E-state index contributed by atoms with van der Waals surface area (Å²) in [6, 6.07) is 9.78. The topological polar surface area (TPSA) is 89.8 Å². The van der Waals surface area contributed by atoms with Crippen LogP contribution in [0.3, 0.4) is 0 Å². The van der Waals surface area contributed by atoms with Crippen molar-refractivity contribution in [3.63, 3.8) is 0 Å². The fourth-order valence-corrected chi connectivity index (χ4v) is 2.59. The van der Waals surface area contributed by atoms with E-state index in [1.54, 1.807) is 13.2 Å². The Balaban J connectivity index is 2.04. The van der Waals surface area contributed by atoms with E-state index in [4.69, 9.17) is 0 Å². The van der Waals surface area contributed by atoms with Gasteiger partial charge in [0.2, 0.25) is 9.84 Å². The normalized spacial score (nSPS) is 11.7. The Morgan fingerprint density at radius 2 is 1.91 bits per heavy atom. The zero-order valence-electron chi connectivity index (χ0n) is 12.2. The highest BCUT2D eigenvalue weighted by molar-refractivity contribution is 7.90. The van der Waals surface area contributed by atoms with Gasteiger partial charge in [0.05, 0.1) is 11.6 Å². The van der Waals surface area contributed by atoms with Gasteiger partial charge >= 0.3 is 0 Å². The average molecular weight is 317 g/mol. The number of hydrogen-bond donors (Lipinski definition) is 1. The number of nitrogens with zero attached hydrogens (tertiary/aromatic N) is 4. The maximum Gasteiger partial charge on any atom is 0.250 e. The fourth-order valence-electron chi connectivity index (χ4n) is 2.08. The van der Waals surface area contributed by atoms with E-state index in [1.807, 2.05) is 30.3 Å². The van der Waals surface area contributed by atoms with Crippen molar-refractivity contribution in [2.24, 2.45) is 7.05 Å². The SMILES string of the molecule is Cn1ncc2c(NCc3ccccc3)nc(S(C)(=O)=O)nc21. The molecule has 0 amide bonds. The third kappa shape index (κ3) is 2.77. The lowest BCUT2D eigenvalue weighted by Crippen LogP contribution is -2.09. The number of nitrogens with one attached hydrogen (secondary N) is 1. The largest absolute Gasteiger partial charge is 0.365 e. The molecular formula is C14H15N5O2S. The predicted molar refractivity (Wildman–Crippen MR) is 83.2 cm³/mol. The number of hydrogen-bond acceptors (Lipinski definition) is 6. The minimum atomic E-state index is -3.50.